The number of aryl methyl sites for hydroxylation is 2. The molecule has 1 aromatic rings. The van der Waals surface area contributed by atoms with Crippen molar-refractivity contribution in [1.29, 1.82) is 0 Å². The first-order valence-corrected chi connectivity index (χ1v) is 9.26. The van der Waals surface area contributed by atoms with Crippen LogP contribution in [0.4, 0.5) is 0 Å². The molecule has 0 amide bonds. The van der Waals surface area contributed by atoms with E-state index in [-0.39, 0.29) is 10.8 Å². The third-order valence-electron chi connectivity index (χ3n) is 7.34. The van der Waals surface area contributed by atoms with Crippen molar-refractivity contribution in [3.05, 3.63) is 35.3 Å². The molecule has 132 valence electrons. The Morgan fingerprint density at radius 2 is 2.12 bits per heavy atom. The van der Waals surface area contributed by atoms with Gasteiger partial charge in [-0.15, -0.1) is 0 Å². The number of fused-ring (bicyclic) bond motifs is 1. The van der Waals surface area contributed by atoms with E-state index in [1.165, 1.54) is 5.56 Å². The molecule has 3 heteroatoms. The van der Waals surface area contributed by atoms with E-state index < -0.39 is 5.97 Å². The smallest absolute Gasteiger partial charge is 0.331 e. The molecule has 2 aliphatic carbocycles. The third-order valence-corrected chi connectivity index (χ3v) is 7.34. The van der Waals surface area contributed by atoms with Crippen LogP contribution in [-0.2, 0) is 11.2 Å². The Balaban J connectivity index is 1.89. The number of carboxylic acid groups (broad SMARTS) is 1. The quantitative estimate of drug-likeness (QED) is 0.806. The zero-order chi connectivity index (χ0) is 17.5. The maximum Gasteiger partial charge on any atom is 0.331 e. The largest absolute Gasteiger partial charge is 0.478 e. The van der Waals surface area contributed by atoms with Crippen molar-refractivity contribution in [3.8, 4) is 0 Å². The fraction of sp³-hybridized carbons (Fsp3) is 0.667. The summed E-state index contributed by atoms with van der Waals surface area (Å²) in [6, 6.07) is 2.08. The van der Waals surface area contributed by atoms with Crippen molar-refractivity contribution in [3.63, 3.8) is 0 Å². The first kappa shape index (κ1) is 17.3. The van der Waals surface area contributed by atoms with Gasteiger partial charge in [0.05, 0.1) is 6.26 Å². The standard InChI is InChI=1S/C21H30O3/c1-14-8-11-21(4)17(19(22)23)6-5-7-18(21)20(14,3)12-9-16-10-13-24-15(16)2/h6,10,13-14,18H,5,7-9,11-12H2,1-4H3,(H,22,23)/t14-,18-,20+,21-/m0/s1. The molecule has 0 spiro atoms. The molecule has 1 aromatic heterocycles. The van der Waals surface area contributed by atoms with Gasteiger partial charge < -0.3 is 9.52 Å². The van der Waals surface area contributed by atoms with E-state index in [1.807, 2.05) is 13.0 Å². The van der Waals surface area contributed by atoms with Crippen LogP contribution in [-0.4, -0.2) is 11.1 Å². The highest BCUT2D eigenvalue weighted by molar-refractivity contribution is 5.88. The Labute approximate surface area is 145 Å². The summed E-state index contributed by atoms with van der Waals surface area (Å²) in [5.41, 5.74) is 1.94. The molecule has 4 atom stereocenters. The number of aliphatic carboxylic acids is 1. The number of allylic oxidation sites excluding steroid dienone is 1. The lowest BCUT2D eigenvalue weighted by atomic mass is 9.46. The van der Waals surface area contributed by atoms with Gasteiger partial charge in [-0.2, -0.15) is 0 Å². The molecule has 0 aromatic carbocycles. The summed E-state index contributed by atoms with van der Waals surface area (Å²) in [4.78, 5) is 11.8. The average Bonchev–Trinajstić information content (AvgIpc) is 2.94. The van der Waals surface area contributed by atoms with E-state index in [0.29, 0.717) is 17.4 Å². The summed E-state index contributed by atoms with van der Waals surface area (Å²) in [6.45, 7) is 8.99. The van der Waals surface area contributed by atoms with Crippen molar-refractivity contribution in [2.45, 2.75) is 66.2 Å². The molecule has 1 N–H and O–H groups in total. The number of carbonyl (C=O) groups is 1. The van der Waals surface area contributed by atoms with Gasteiger partial charge in [0.15, 0.2) is 0 Å². The maximum absolute atomic E-state index is 11.8. The normalized spacial score (nSPS) is 36.1. The van der Waals surface area contributed by atoms with Crippen molar-refractivity contribution < 1.29 is 14.3 Å². The molecule has 0 saturated heterocycles. The molecular weight excluding hydrogens is 300 g/mol. The second-order valence-electron chi connectivity index (χ2n) is 8.42. The highest BCUT2D eigenvalue weighted by atomic mass is 16.4. The summed E-state index contributed by atoms with van der Waals surface area (Å²) in [5.74, 6) is 1.36. The lowest BCUT2D eigenvalue weighted by molar-refractivity contribution is -0.137. The number of carboxylic acids is 1. The molecular formula is C21H30O3. The third kappa shape index (κ3) is 2.62. The fourth-order valence-electron chi connectivity index (χ4n) is 5.52. The molecule has 0 aliphatic heterocycles. The molecule has 0 unspecified atom stereocenters. The van der Waals surface area contributed by atoms with Crippen LogP contribution in [0.3, 0.4) is 0 Å². The minimum absolute atomic E-state index is 0.172. The van der Waals surface area contributed by atoms with Crippen LogP contribution in [0.5, 0.6) is 0 Å². The lowest BCUT2D eigenvalue weighted by Crippen LogP contribution is -2.51. The van der Waals surface area contributed by atoms with Crippen LogP contribution < -0.4 is 0 Å². The first-order chi connectivity index (χ1) is 11.3. The van der Waals surface area contributed by atoms with Gasteiger partial charge in [-0.1, -0.05) is 26.8 Å². The number of hydrogen-bond donors (Lipinski definition) is 1. The second-order valence-corrected chi connectivity index (χ2v) is 8.42. The summed E-state index contributed by atoms with van der Waals surface area (Å²) >= 11 is 0. The zero-order valence-electron chi connectivity index (χ0n) is 15.4. The van der Waals surface area contributed by atoms with E-state index in [1.54, 1.807) is 6.26 Å². The van der Waals surface area contributed by atoms with Gasteiger partial charge in [0.2, 0.25) is 0 Å². The topological polar surface area (TPSA) is 50.4 Å². The molecule has 1 fully saturated rings. The molecule has 1 heterocycles. The van der Waals surface area contributed by atoms with Crippen molar-refractivity contribution in [1.82, 2.24) is 0 Å². The van der Waals surface area contributed by atoms with Crippen LogP contribution in [0.1, 0.15) is 64.2 Å². The average molecular weight is 330 g/mol. The summed E-state index contributed by atoms with van der Waals surface area (Å²) < 4.78 is 5.45. The molecule has 2 aliphatic rings. The highest BCUT2D eigenvalue weighted by Crippen LogP contribution is 2.61. The predicted molar refractivity (Wildman–Crippen MR) is 94.8 cm³/mol. The van der Waals surface area contributed by atoms with Crippen molar-refractivity contribution in [2.75, 3.05) is 0 Å². The van der Waals surface area contributed by atoms with Gasteiger partial charge in [-0.25, -0.2) is 4.79 Å². The van der Waals surface area contributed by atoms with Gasteiger partial charge in [0, 0.05) is 11.0 Å². The van der Waals surface area contributed by atoms with Crippen molar-refractivity contribution in [2.24, 2.45) is 22.7 Å². The van der Waals surface area contributed by atoms with Gasteiger partial charge >= 0.3 is 5.97 Å². The Morgan fingerprint density at radius 3 is 2.75 bits per heavy atom. The summed E-state index contributed by atoms with van der Waals surface area (Å²) in [5, 5.41) is 9.71. The minimum Gasteiger partial charge on any atom is -0.478 e. The van der Waals surface area contributed by atoms with Crippen LogP contribution in [0.25, 0.3) is 0 Å². The van der Waals surface area contributed by atoms with Crippen LogP contribution in [0, 0.1) is 29.6 Å². The molecule has 3 rings (SSSR count). The predicted octanol–water partition coefficient (Wildman–Crippen LogP) is 5.38. The van der Waals surface area contributed by atoms with E-state index >= 15 is 0 Å². The summed E-state index contributed by atoms with van der Waals surface area (Å²) in [6.07, 6.45) is 9.98. The molecule has 3 nitrogen and oxygen atoms in total. The molecule has 24 heavy (non-hydrogen) atoms. The molecule has 0 radical (unpaired) electrons. The number of furan rings is 1. The van der Waals surface area contributed by atoms with Crippen molar-refractivity contribution >= 4 is 5.97 Å². The zero-order valence-corrected chi connectivity index (χ0v) is 15.4. The van der Waals surface area contributed by atoms with Crippen LogP contribution in [0.2, 0.25) is 0 Å². The monoisotopic (exact) mass is 330 g/mol. The van der Waals surface area contributed by atoms with E-state index in [9.17, 15) is 9.90 Å². The van der Waals surface area contributed by atoms with Gasteiger partial charge in [-0.3, -0.25) is 0 Å². The Morgan fingerprint density at radius 1 is 1.38 bits per heavy atom. The van der Waals surface area contributed by atoms with Crippen LogP contribution in [0.15, 0.2) is 28.4 Å². The van der Waals surface area contributed by atoms with Crippen LogP contribution >= 0.6 is 0 Å². The van der Waals surface area contributed by atoms with Gasteiger partial charge in [0.1, 0.15) is 5.76 Å². The maximum atomic E-state index is 11.8. The van der Waals surface area contributed by atoms with Gasteiger partial charge in [-0.05, 0) is 74.3 Å². The minimum atomic E-state index is -0.718. The van der Waals surface area contributed by atoms with E-state index in [0.717, 1.165) is 44.3 Å². The summed E-state index contributed by atoms with van der Waals surface area (Å²) in [7, 11) is 0. The number of rotatable bonds is 4. The highest BCUT2D eigenvalue weighted by Gasteiger charge is 2.55. The lowest BCUT2D eigenvalue weighted by Gasteiger charge is -2.57. The SMILES string of the molecule is Cc1occc1CC[C@]1(C)[C@@H](C)CC[C@@]2(C)C(C(=O)O)=CCC[C@@H]12. The molecule has 0 bridgehead atoms. The number of hydrogen-bond acceptors (Lipinski definition) is 2. The van der Waals surface area contributed by atoms with Gasteiger partial charge in [0.25, 0.3) is 0 Å². The second kappa shape index (κ2) is 6.09. The fourth-order valence-corrected chi connectivity index (χ4v) is 5.52. The Kier molecular flexibility index (Phi) is 4.39. The van der Waals surface area contributed by atoms with E-state index in [4.69, 9.17) is 4.42 Å². The Hall–Kier alpha value is -1.51. The molecule has 1 saturated carbocycles. The Bertz CT molecular complexity index is 656. The first-order valence-electron chi connectivity index (χ1n) is 9.26. The van der Waals surface area contributed by atoms with E-state index in [2.05, 4.69) is 26.8 Å².